The number of hydrogen-bond acceptors (Lipinski definition) is 5. The van der Waals surface area contributed by atoms with Gasteiger partial charge in [-0.1, -0.05) is 65.5 Å². The van der Waals surface area contributed by atoms with Crippen molar-refractivity contribution in [2.75, 3.05) is 13.2 Å². The lowest BCUT2D eigenvalue weighted by Gasteiger charge is -2.58. The lowest BCUT2D eigenvalue weighted by atomic mass is 9.46. The summed E-state index contributed by atoms with van der Waals surface area (Å²) in [4.78, 5) is 22.5. The molecular weight excluding hydrogens is 538 g/mol. The number of fused-ring (bicyclic) bond motifs is 5. The SMILES string of the molecule is CC(C)CCC[C@@H](C)[C@H]1CC[C@H]2[C@@H]3CC=C4C[C@@H](CCOCC(=O)Oc5ccc([N+](=O)[O-])cc5)CC[C@]4(C)[C@H]3CC[C@]12C. The molecule has 0 heterocycles. The fourth-order valence-corrected chi connectivity index (χ4v) is 10.2. The Balaban J connectivity index is 1.10. The average Bonchev–Trinajstić information content (AvgIpc) is 3.32. The second-order valence-electron chi connectivity index (χ2n) is 15.5. The van der Waals surface area contributed by atoms with Gasteiger partial charge < -0.3 is 9.47 Å². The molecule has 0 N–H and O–H groups in total. The van der Waals surface area contributed by atoms with Crippen LogP contribution in [0, 0.1) is 62.4 Å². The molecular formula is C37H55NO5. The van der Waals surface area contributed by atoms with Crippen LogP contribution < -0.4 is 4.74 Å². The number of ether oxygens (including phenoxy) is 2. The molecule has 4 aliphatic rings. The highest BCUT2D eigenvalue weighted by molar-refractivity contribution is 5.73. The maximum atomic E-state index is 12.2. The number of nitro groups is 1. The molecule has 0 aliphatic heterocycles. The number of carbonyl (C=O) groups is 1. The normalized spacial score (nSPS) is 34.1. The van der Waals surface area contributed by atoms with Crippen LogP contribution in [0.1, 0.15) is 112 Å². The van der Waals surface area contributed by atoms with Gasteiger partial charge in [0.15, 0.2) is 0 Å². The molecule has 0 unspecified atom stereocenters. The highest BCUT2D eigenvalue weighted by Gasteiger charge is 2.59. The van der Waals surface area contributed by atoms with E-state index in [1.807, 2.05) is 0 Å². The molecule has 5 rings (SSSR count). The fourth-order valence-electron chi connectivity index (χ4n) is 10.2. The molecule has 1 aromatic carbocycles. The van der Waals surface area contributed by atoms with E-state index < -0.39 is 10.9 Å². The van der Waals surface area contributed by atoms with Gasteiger partial charge in [-0.05, 0) is 122 Å². The average molecular weight is 594 g/mol. The summed E-state index contributed by atoms with van der Waals surface area (Å²) in [7, 11) is 0. The summed E-state index contributed by atoms with van der Waals surface area (Å²) in [5.41, 5.74) is 2.57. The van der Waals surface area contributed by atoms with Gasteiger partial charge in [0.05, 0.1) is 4.92 Å². The highest BCUT2D eigenvalue weighted by Crippen LogP contribution is 2.67. The summed E-state index contributed by atoms with van der Waals surface area (Å²) < 4.78 is 11.0. The minimum atomic E-state index is -0.477. The second kappa shape index (κ2) is 13.4. The third-order valence-electron chi connectivity index (χ3n) is 12.6. The molecule has 6 heteroatoms. The van der Waals surface area contributed by atoms with E-state index in [4.69, 9.17) is 9.47 Å². The van der Waals surface area contributed by atoms with E-state index in [0.717, 1.165) is 41.9 Å². The van der Waals surface area contributed by atoms with Crippen LogP contribution in [-0.4, -0.2) is 24.1 Å². The lowest BCUT2D eigenvalue weighted by molar-refractivity contribution is -0.384. The van der Waals surface area contributed by atoms with Crippen LogP contribution in [0.3, 0.4) is 0 Å². The molecule has 0 spiro atoms. The van der Waals surface area contributed by atoms with Crippen LogP contribution in [0.15, 0.2) is 35.9 Å². The Bertz CT molecular complexity index is 1160. The highest BCUT2D eigenvalue weighted by atomic mass is 16.6. The van der Waals surface area contributed by atoms with Crippen LogP contribution >= 0.6 is 0 Å². The Morgan fingerprint density at radius 1 is 1.02 bits per heavy atom. The van der Waals surface area contributed by atoms with Crippen molar-refractivity contribution >= 4 is 11.7 Å². The van der Waals surface area contributed by atoms with Crippen LogP contribution in [0.25, 0.3) is 0 Å². The summed E-state index contributed by atoms with van der Waals surface area (Å²) in [6, 6.07) is 5.53. The number of allylic oxidation sites excluding steroid dienone is 2. The first-order chi connectivity index (χ1) is 20.5. The van der Waals surface area contributed by atoms with Crippen LogP contribution in [-0.2, 0) is 9.53 Å². The van der Waals surface area contributed by atoms with Crippen molar-refractivity contribution in [3.63, 3.8) is 0 Å². The predicted octanol–water partition coefficient (Wildman–Crippen LogP) is 9.56. The third kappa shape index (κ3) is 6.89. The molecule has 8 atom stereocenters. The molecule has 0 saturated heterocycles. The van der Waals surface area contributed by atoms with Crippen molar-refractivity contribution in [1.82, 2.24) is 0 Å². The van der Waals surface area contributed by atoms with Gasteiger partial charge in [-0.25, -0.2) is 4.79 Å². The number of esters is 1. The monoisotopic (exact) mass is 593 g/mol. The Kier molecular flexibility index (Phi) is 10.0. The summed E-state index contributed by atoms with van der Waals surface area (Å²) in [6.45, 7) is 13.0. The summed E-state index contributed by atoms with van der Waals surface area (Å²) >= 11 is 0. The molecule has 6 nitrogen and oxygen atoms in total. The van der Waals surface area contributed by atoms with Gasteiger partial charge in [0.25, 0.3) is 5.69 Å². The van der Waals surface area contributed by atoms with Crippen molar-refractivity contribution in [3.05, 3.63) is 46.0 Å². The number of benzene rings is 1. The first kappa shape index (κ1) is 32.2. The molecule has 0 aromatic heterocycles. The van der Waals surface area contributed by atoms with Crippen LogP contribution in [0.2, 0.25) is 0 Å². The molecule has 0 bridgehead atoms. The summed E-state index contributed by atoms with van der Waals surface area (Å²) in [6.07, 6.45) is 18.5. The number of nitro benzene ring substituents is 1. The quantitative estimate of drug-likeness (QED) is 0.0602. The minimum absolute atomic E-state index is 0.0325. The Labute approximate surface area is 259 Å². The lowest BCUT2D eigenvalue weighted by Crippen LogP contribution is -2.50. The van der Waals surface area contributed by atoms with Gasteiger partial charge >= 0.3 is 5.97 Å². The van der Waals surface area contributed by atoms with Crippen LogP contribution in [0.4, 0.5) is 5.69 Å². The van der Waals surface area contributed by atoms with Gasteiger partial charge in [0, 0.05) is 18.7 Å². The van der Waals surface area contributed by atoms with E-state index in [2.05, 4.69) is 40.7 Å². The number of carbonyl (C=O) groups excluding carboxylic acids is 1. The molecule has 4 aliphatic carbocycles. The molecule has 43 heavy (non-hydrogen) atoms. The van der Waals surface area contributed by atoms with E-state index >= 15 is 0 Å². The van der Waals surface area contributed by atoms with Crippen molar-refractivity contribution < 1.29 is 19.2 Å². The van der Waals surface area contributed by atoms with E-state index in [9.17, 15) is 14.9 Å². The van der Waals surface area contributed by atoms with Gasteiger partial charge in [-0.15, -0.1) is 0 Å². The van der Waals surface area contributed by atoms with E-state index in [0.29, 0.717) is 29.1 Å². The van der Waals surface area contributed by atoms with Crippen LogP contribution in [0.5, 0.6) is 5.75 Å². The van der Waals surface area contributed by atoms with E-state index in [1.165, 1.54) is 94.9 Å². The topological polar surface area (TPSA) is 78.7 Å². The fraction of sp³-hybridized carbons (Fsp3) is 0.757. The first-order valence-corrected chi connectivity index (χ1v) is 17.2. The Morgan fingerprint density at radius 2 is 1.79 bits per heavy atom. The number of hydrogen-bond donors (Lipinski definition) is 0. The zero-order valence-corrected chi connectivity index (χ0v) is 27.3. The van der Waals surface area contributed by atoms with Crippen molar-refractivity contribution in [2.45, 2.75) is 112 Å². The van der Waals surface area contributed by atoms with Crippen molar-refractivity contribution in [1.29, 1.82) is 0 Å². The van der Waals surface area contributed by atoms with Gasteiger partial charge in [0.2, 0.25) is 0 Å². The van der Waals surface area contributed by atoms with Crippen molar-refractivity contribution in [2.24, 2.45) is 52.3 Å². The smallest absolute Gasteiger partial charge is 0.337 e. The summed E-state index contributed by atoms with van der Waals surface area (Å²) in [5.74, 6) is 5.61. The number of non-ortho nitro benzene ring substituents is 1. The molecule has 0 radical (unpaired) electrons. The Morgan fingerprint density at radius 3 is 2.51 bits per heavy atom. The maximum Gasteiger partial charge on any atom is 0.337 e. The zero-order valence-electron chi connectivity index (χ0n) is 27.3. The minimum Gasteiger partial charge on any atom is -0.425 e. The largest absolute Gasteiger partial charge is 0.425 e. The standard InChI is InChI=1S/C37H55NO5/c1-25(2)7-6-8-26(3)32-15-16-33-31-14-9-28-23-27(17-20-36(28,4)34(31)18-21-37(32,33)5)19-22-42-24-35(39)43-30-12-10-29(11-13-30)38(40)41/h9-13,25-27,31-34H,6-8,14-24H2,1-5H3/t26-,27-,31+,32-,33+,34+,36+,37-/m1/s1. The molecule has 3 fully saturated rings. The number of rotatable bonds is 12. The van der Waals surface area contributed by atoms with Gasteiger partial charge in [-0.2, -0.15) is 0 Å². The van der Waals surface area contributed by atoms with Crippen molar-refractivity contribution in [3.8, 4) is 5.75 Å². The molecule has 238 valence electrons. The predicted molar refractivity (Wildman–Crippen MR) is 171 cm³/mol. The van der Waals surface area contributed by atoms with Gasteiger partial charge in [-0.3, -0.25) is 10.1 Å². The van der Waals surface area contributed by atoms with E-state index in [-0.39, 0.29) is 12.3 Å². The number of nitrogens with zero attached hydrogens (tertiary/aromatic N) is 1. The third-order valence-corrected chi connectivity index (χ3v) is 12.6. The van der Waals surface area contributed by atoms with Gasteiger partial charge in [0.1, 0.15) is 12.4 Å². The molecule has 3 saturated carbocycles. The zero-order chi connectivity index (χ0) is 30.8. The summed E-state index contributed by atoms with van der Waals surface area (Å²) in [5, 5.41) is 10.8. The van der Waals surface area contributed by atoms with E-state index in [1.54, 1.807) is 5.57 Å². The molecule has 0 amide bonds. The second-order valence-corrected chi connectivity index (χ2v) is 15.5. The Hall–Kier alpha value is -2.21. The molecule has 1 aromatic rings. The maximum absolute atomic E-state index is 12.2. The first-order valence-electron chi connectivity index (χ1n) is 17.2.